The number of carbonyl (C=O) groups is 2. The summed E-state index contributed by atoms with van der Waals surface area (Å²) in [5.74, 6) is -1.23. The van der Waals surface area contributed by atoms with E-state index in [1.54, 1.807) is 0 Å². The van der Waals surface area contributed by atoms with Crippen molar-refractivity contribution in [3.05, 3.63) is 54.1 Å². The third-order valence-corrected chi connectivity index (χ3v) is 5.93. The fourth-order valence-corrected chi connectivity index (χ4v) is 4.02. The van der Waals surface area contributed by atoms with Crippen LogP contribution in [0.15, 0.2) is 53.4 Å². The smallest absolute Gasteiger partial charge is 0.326 e. The number of rotatable bonds is 7. The van der Waals surface area contributed by atoms with Crippen LogP contribution >= 0.6 is 0 Å². The number of benzene rings is 2. The Morgan fingerprint density at radius 1 is 1.00 bits per heavy atom. The largest absolute Gasteiger partial charge is 0.418 e. The van der Waals surface area contributed by atoms with Crippen LogP contribution in [0.2, 0.25) is 0 Å². The van der Waals surface area contributed by atoms with Crippen LogP contribution in [0.25, 0.3) is 0 Å². The predicted octanol–water partition coefficient (Wildman–Crippen LogP) is 3.31. The minimum absolute atomic E-state index is 0.0792. The summed E-state index contributed by atoms with van der Waals surface area (Å²) in [4.78, 5) is 23.2. The molecule has 0 aromatic heterocycles. The van der Waals surface area contributed by atoms with E-state index in [0.717, 1.165) is 16.4 Å². The summed E-state index contributed by atoms with van der Waals surface area (Å²) in [6.45, 7) is 2.06. The number of nitrogens with one attached hydrogen (secondary N) is 2. The van der Waals surface area contributed by atoms with Gasteiger partial charge in [-0.15, -0.1) is 0 Å². The number of likely N-dealkylation sites (N-methyl/N-ethyl adjacent to an activating group) is 1. The average molecular weight is 443 g/mol. The van der Waals surface area contributed by atoms with Crippen LogP contribution < -0.4 is 10.6 Å². The second-order valence-electron chi connectivity index (χ2n) is 6.23. The van der Waals surface area contributed by atoms with Crippen molar-refractivity contribution in [2.75, 3.05) is 23.7 Å². The first-order valence-corrected chi connectivity index (χ1v) is 10.2. The average Bonchev–Trinajstić information content (AvgIpc) is 2.65. The molecule has 0 bridgehead atoms. The second-order valence-corrected chi connectivity index (χ2v) is 8.17. The molecule has 0 radical (unpaired) electrons. The van der Waals surface area contributed by atoms with Gasteiger partial charge in [0, 0.05) is 19.2 Å². The van der Waals surface area contributed by atoms with E-state index in [2.05, 4.69) is 10.6 Å². The van der Waals surface area contributed by atoms with Crippen molar-refractivity contribution < 1.29 is 31.2 Å². The van der Waals surface area contributed by atoms with E-state index >= 15 is 0 Å². The molecule has 0 unspecified atom stereocenters. The minimum Gasteiger partial charge on any atom is -0.326 e. The molecule has 162 valence electrons. The van der Waals surface area contributed by atoms with E-state index in [1.807, 2.05) is 0 Å². The highest BCUT2D eigenvalue weighted by atomic mass is 32.2. The molecule has 0 saturated carbocycles. The van der Waals surface area contributed by atoms with Gasteiger partial charge in [-0.25, -0.2) is 8.42 Å². The zero-order valence-corrected chi connectivity index (χ0v) is 17.0. The summed E-state index contributed by atoms with van der Waals surface area (Å²) < 4.78 is 65.6. The van der Waals surface area contributed by atoms with Crippen LogP contribution in [0.4, 0.5) is 24.5 Å². The molecule has 2 N–H and O–H groups in total. The quantitative estimate of drug-likeness (QED) is 0.686. The van der Waals surface area contributed by atoms with Gasteiger partial charge in [-0.2, -0.15) is 17.5 Å². The predicted molar refractivity (Wildman–Crippen MR) is 105 cm³/mol. The Bertz CT molecular complexity index is 1020. The van der Waals surface area contributed by atoms with Gasteiger partial charge >= 0.3 is 6.18 Å². The fraction of sp³-hybridized carbons (Fsp3) is 0.263. The topological polar surface area (TPSA) is 95.6 Å². The molecular formula is C19H20F3N3O4S. The molecular weight excluding hydrogens is 423 g/mol. The number of anilines is 2. The van der Waals surface area contributed by atoms with Crippen molar-refractivity contribution in [3.63, 3.8) is 0 Å². The lowest BCUT2D eigenvalue weighted by molar-refractivity contribution is -0.137. The Morgan fingerprint density at radius 2 is 1.60 bits per heavy atom. The molecule has 0 aliphatic heterocycles. The van der Waals surface area contributed by atoms with Crippen molar-refractivity contribution in [1.82, 2.24) is 4.31 Å². The first-order chi connectivity index (χ1) is 13.9. The van der Waals surface area contributed by atoms with Crippen LogP contribution in [-0.2, 0) is 25.8 Å². The minimum atomic E-state index is -4.67. The molecule has 0 heterocycles. The van der Waals surface area contributed by atoms with Gasteiger partial charge in [0.25, 0.3) is 0 Å². The highest BCUT2D eigenvalue weighted by molar-refractivity contribution is 7.89. The Labute approximate surface area is 171 Å². The Kier molecular flexibility index (Phi) is 7.21. The highest BCUT2D eigenvalue weighted by Crippen LogP contribution is 2.34. The van der Waals surface area contributed by atoms with Gasteiger partial charge in [-0.1, -0.05) is 19.1 Å². The molecule has 11 heteroatoms. The molecule has 2 aromatic rings. The third kappa shape index (κ3) is 5.80. The van der Waals surface area contributed by atoms with Crippen molar-refractivity contribution >= 4 is 33.2 Å². The van der Waals surface area contributed by atoms with E-state index in [1.165, 1.54) is 50.2 Å². The highest BCUT2D eigenvalue weighted by Gasteiger charge is 2.34. The Morgan fingerprint density at radius 3 is 2.13 bits per heavy atom. The number of para-hydroxylation sites is 1. The first kappa shape index (κ1) is 23.4. The van der Waals surface area contributed by atoms with E-state index in [0.29, 0.717) is 5.69 Å². The van der Waals surface area contributed by atoms with E-state index in [-0.39, 0.29) is 17.3 Å². The normalized spacial score (nSPS) is 11.9. The van der Waals surface area contributed by atoms with Gasteiger partial charge < -0.3 is 10.6 Å². The summed E-state index contributed by atoms with van der Waals surface area (Å²) in [7, 11) is -4.08. The zero-order valence-electron chi connectivity index (χ0n) is 16.2. The molecule has 2 aromatic carbocycles. The van der Waals surface area contributed by atoms with Gasteiger partial charge in [0.1, 0.15) is 0 Å². The molecule has 0 atom stereocenters. The van der Waals surface area contributed by atoms with Crippen LogP contribution in [0.5, 0.6) is 0 Å². The van der Waals surface area contributed by atoms with Gasteiger partial charge in [-0.3, -0.25) is 9.59 Å². The molecule has 0 spiro atoms. The van der Waals surface area contributed by atoms with E-state index < -0.39 is 39.9 Å². The molecule has 0 aliphatic carbocycles. The van der Waals surface area contributed by atoms with Crippen molar-refractivity contribution in [3.8, 4) is 0 Å². The maximum atomic E-state index is 13.1. The number of amides is 2. The molecule has 2 amide bonds. The monoisotopic (exact) mass is 443 g/mol. The van der Waals surface area contributed by atoms with E-state index in [9.17, 15) is 31.2 Å². The maximum absolute atomic E-state index is 13.1. The number of nitrogens with zero attached hydrogens (tertiary/aromatic N) is 1. The third-order valence-electron chi connectivity index (χ3n) is 3.99. The maximum Gasteiger partial charge on any atom is 0.418 e. The molecule has 0 saturated heterocycles. The molecule has 30 heavy (non-hydrogen) atoms. The van der Waals surface area contributed by atoms with Gasteiger partial charge in [0.2, 0.25) is 21.8 Å². The number of hydrogen-bond acceptors (Lipinski definition) is 4. The van der Waals surface area contributed by atoms with Crippen LogP contribution in [0, 0.1) is 0 Å². The van der Waals surface area contributed by atoms with Crippen molar-refractivity contribution in [2.24, 2.45) is 0 Å². The second kappa shape index (κ2) is 9.26. The first-order valence-electron chi connectivity index (χ1n) is 8.79. The van der Waals surface area contributed by atoms with Crippen molar-refractivity contribution in [2.45, 2.75) is 24.9 Å². The number of sulfonamides is 1. The lowest BCUT2D eigenvalue weighted by Crippen LogP contribution is -2.38. The molecule has 2 rings (SSSR count). The van der Waals surface area contributed by atoms with Crippen LogP contribution in [0.3, 0.4) is 0 Å². The standard InChI is InChI=1S/C19H20F3N3O4S/c1-3-25(30(28,29)15-10-8-14(9-11-15)23-13(2)26)12-18(27)24-17-7-5-4-6-16(17)19(20,21)22/h4-11H,3,12H2,1-2H3,(H,23,26)(H,24,27). The lowest BCUT2D eigenvalue weighted by Gasteiger charge is -2.21. The molecule has 0 fully saturated rings. The number of carbonyl (C=O) groups excluding carboxylic acids is 2. The number of alkyl halides is 3. The van der Waals surface area contributed by atoms with E-state index in [4.69, 9.17) is 0 Å². The van der Waals surface area contributed by atoms with Crippen molar-refractivity contribution in [1.29, 1.82) is 0 Å². The number of hydrogen-bond donors (Lipinski definition) is 2. The van der Waals surface area contributed by atoms with Crippen LogP contribution in [-0.4, -0.2) is 37.6 Å². The Hall–Kier alpha value is -2.92. The summed E-state index contributed by atoms with van der Waals surface area (Å²) in [6.07, 6.45) is -4.67. The van der Waals surface area contributed by atoms with Gasteiger partial charge in [0.15, 0.2) is 0 Å². The lowest BCUT2D eigenvalue weighted by atomic mass is 10.1. The SMILES string of the molecule is CCN(CC(=O)Nc1ccccc1C(F)(F)F)S(=O)(=O)c1ccc(NC(C)=O)cc1. The Balaban J connectivity index is 2.18. The van der Waals surface area contributed by atoms with Crippen LogP contribution in [0.1, 0.15) is 19.4 Å². The summed E-state index contributed by atoms with van der Waals surface area (Å²) >= 11 is 0. The zero-order chi connectivity index (χ0) is 22.5. The summed E-state index contributed by atoms with van der Waals surface area (Å²) in [5.41, 5.74) is -1.09. The number of halogens is 3. The fourth-order valence-electron chi connectivity index (χ4n) is 2.62. The van der Waals surface area contributed by atoms with Gasteiger partial charge in [-0.05, 0) is 36.4 Å². The summed E-state index contributed by atoms with van der Waals surface area (Å²) in [6, 6.07) is 9.73. The summed E-state index contributed by atoms with van der Waals surface area (Å²) in [5, 5.41) is 4.62. The van der Waals surface area contributed by atoms with Gasteiger partial charge in [0.05, 0.1) is 22.7 Å². The molecule has 7 nitrogen and oxygen atoms in total. The molecule has 0 aliphatic rings.